The normalized spacial score (nSPS) is 11.1. The van der Waals surface area contributed by atoms with Gasteiger partial charge in [-0.15, -0.1) is 0 Å². The lowest BCUT2D eigenvalue weighted by Gasteiger charge is -2.17. The highest BCUT2D eigenvalue weighted by molar-refractivity contribution is 6.36. The first kappa shape index (κ1) is 21.8. The molecule has 2 nitrogen and oxygen atoms in total. The minimum Gasteiger partial charge on any atom is -0.294 e. The van der Waals surface area contributed by atoms with Crippen LogP contribution in [0.2, 0.25) is 15.1 Å². The van der Waals surface area contributed by atoms with Crippen LogP contribution >= 0.6 is 34.8 Å². The molecular weight excluding hydrogens is 449 g/mol. The first-order chi connectivity index (χ1) is 14.9. The summed E-state index contributed by atoms with van der Waals surface area (Å²) in [7, 11) is 0. The van der Waals surface area contributed by atoms with Crippen molar-refractivity contribution in [3.05, 3.63) is 98.1 Å². The molecule has 0 saturated heterocycles. The van der Waals surface area contributed by atoms with Crippen LogP contribution in [0.4, 0.5) is 0 Å². The summed E-state index contributed by atoms with van der Waals surface area (Å²) in [5.41, 5.74) is 6.05. The van der Waals surface area contributed by atoms with Gasteiger partial charge in [0.2, 0.25) is 0 Å². The van der Waals surface area contributed by atoms with Crippen LogP contribution in [-0.4, -0.2) is 10.8 Å². The van der Waals surface area contributed by atoms with Crippen LogP contribution in [0.5, 0.6) is 0 Å². The number of halogens is 3. The molecule has 0 fully saturated rings. The average Bonchev–Trinajstić information content (AvgIpc) is 2.72. The monoisotopic (exact) mass is 467 g/mol. The zero-order valence-electron chi connectivity index (χ0n) is 17.2. The van der Waals surface area contributed by atoms with Gasteiger partial charge in [-0.2, -0.15) is 0 Å². The lowest BCUT2D eigenvalue weighted by molar-refractivity contribution is 0.101. The average molecular weight is 469 g/mol. The number of Topliss-reactive ketones (excluding diaryl/α,β-unsaturated/α-hetero) is 1. The molecule has 0 unspecified atom stereocenters. The molecule has 0 radical (unpaired) electrons. The van der Waals surface area contributed by atoms with Gasteiger partial charge >= 0.3 is 0 Å². The van der Waals surface area contributed by atoms with Gasteiger partial charge in [0.05, 0.1) is 5.52 Å². The Bertz CT molecular complexity index is 1290. The number of hydrogen-bond acceptors (Lipinski definition) is 2. The Morgan fingerprint density at radius 3 is 2.32 bits per heavy atom. The Balaban J connectivity index is 1.89. The van der Waals surface area contributed by atoms with Crippen LogP contribution in [0.25, 0.3) is 22.0 Å². The van der Waals surface area contributed by atoms with Crippen molar-refractivity contribution >= 4 is 51.5 Å². The maximum atomic E-state index is 12.6. The second-order valence-corrected chi connectivity index (χ2v) is 8.77. The van der Waals surface area contributed by atoms with E-state index in [4.69, 9.17) is 34.8 Å². The topological polar surface area (TPSA) is 30.0 Å². The van der Waals surface area contributed by atoms with Gasteiger partial charge in [0.15, 0.2) is 5.78 Å². The number of nitrogens with zero attached hydrogens (tertiary/aromatic N) is 1. The van der Waals surface area contributed by atoms with Crippen LogP contribution in [0.1, 0.15) is 34.1 Å². The number of ketones is 1. The van der Waals surface area contributed by atoms with E-state index in [2.05, 4.69) is 17.1 Å². The Hall–Kier alpha value is -2.39. The van der Waals surface area contributed by atoms with Gasteiger partial charge < -0.3 is 0 Å². The number of aromatic nitrogens is 1. The molecule has 0 spiro atoms. The number of rotatable bonds is 5. The van der Waals surface area contributed by atoms with Crippen molar-refractivity contribution in [2.45, 2.75) is 26.7 Å². The minimum atomic E-state index is -0.0131. The second-order valence-electron chi connectivity index (χ2n) is 7.52. The van der Waals surface area contributed by atoms with Crippen molar-refractivity contribution in [2.75, 3.05) is 0 Å². The smallest absolute Gasteiger partial charge is 0.162 e. The summed E-state index contributed by atoms with van der Waals surface area (Å²) in [5.74, 6) is -0.0131. The molecule has 0 N–H and O–H groups in total. The summed E-state index contributed by atoms with van der Waals surface area (Å²) < 4.78 is 0. The third-order valence-corrected chi connectivity index (χ3v) is 6.42. The van der Waals surface area contributed by atoms with Crippen molar-refractivity contribution in [2.24, 2.45) is 0 Å². The molecule has 4 aromatic rings. The van der Waals surface area contributed by atoms with E-state index in [1.807, 2.05) is 55.5 Å². The molecule has 1 heterocycles. The Morgan fingerprint density at radius 1 is 0.903 bits per heavy atom. The number of carbonyl (C=O) groups is 1. The number of benzene rings is 3. The number of hydrogen-bond donors (Lipinski definition) is 0. The number of aryl methyl sites for hydroxylation is 2. The number of fused-ring (bicyclic) bond motifs is 1. The van der Waals surface area contributed by atoms with Crippen LogP contribution in [-0.2, 0) is 12.8 Å². The van der Waals surface area contributed by atoms with Gasteiger partial charge in [-0.05, 0) is 67.6 Å². The van der Waals surface area contributed by atoms with Crippen molar-refractivity contribution in [1.29, 1.82) is 0 Å². The van der Waals surface area contributed by atoms with E-state index in [9.17, 15) is 4.79 Å². The van der Waals surface area contributed by atoms with Crippen LogP contribution in [0.15, 0.2) is 60.7 Å². The van der Waals surface area contributed by atoms with Gasteiger partial charge in [0.25, 0.3) is 0 Å². The van der Waals surface area contributed by atoms with Gasteiger partial charge in [-0.3, -0.25) is 9.78 Å². The maximum Gasteiger partial charge on any atom is 0.162 e. The third kappa shape index (κ3) is 4.34. The molecule has 0 aliphatic rings. The largest absolute Gasteiger partial charge is 0.294 e. The highest BCUT2D eigenvalue weighted by atomic mass is 35.5. The number of pyridine rings is 1. The van der Waals surface area contributed by atoms with Crippen LogP contribution < -0.4 is 0 Å². The van der Waals surface area contributed by atoms with Crippen molar-refractivity contribution in [3.63, 3.8) is 0 Å². The van der Waals surface area contributed by atoms with Crippen LogP contribution in [0, 0.1) is 6.92 Å². The molecule has 5 heteroatoms. The third-order valence-electron chi connectivity index (χ3n) is 5.47. The van der Waals surface area contributed by atoms with Gasteiger partial charge in [0, 0.05) is 37.3 Å². The molecule has 0 bridgehead atoms. The second kappa shape index (κ2) is 9.00. The first-order valence-electron chi connectivity index (χ1n) is 9.98. The van der Waals surface area contributed by atoms with Crippen molar-refractivity contribution < 1.29 is 4.79 Å². The molecule has 0 atom stereocenters. The zero-order chi connectivity index (χ0) is 22.1. The summed E-state index contributed by atoms with van der Waals surface area (Å²) >= 11 is 19.0. The minimum absolute atomic E-state index is 0.0131. The lowest BCUT2D eigenvalue weighted by atomic mass is 9.88. The van der Waals surface area contributed by atoms with E-state index in [-0.39, 0.29) is 5.78 Å². The molecular formula is C26H20Cl3NO. The standard InChI is InChI=1S/C26H20Cl3NO/c1-15-25(16(2)31)26(21-13-11-18(27)14-24(21)30-15)19-7-4-3-6-17(19)10-12-20-22(28)8-5-9-23(20)29/h3-9,11,13-14H,10,12H2,1-2H3. The van der Waals surface area contributed by atoms with E-state index < -0.39 is 0 Å². The van der Waals surface area contributed by atoms with Crippen molar-refractivity contribution in [3.8, 4) is 11.1 Å². The lowest BCUT2D eigenvalue weighted by Crippen LogP contribution is -2.05. The molecule has 0 aliphatic heterocycles. The molecule has 0 saturated carbocycles. The highest BCUT2D eigenvalue weighted by Gasteiger charge is 2.20. The molecule has 156 valence electrons. The van der Waals surface area contributed by atoms with Crippen LogP contribution in [0.3, 0.4) is 0 Å². The molecule has 4 rings (SSSR count). The SMILES string of the molecule is CC(=O)c1c(C)nc2cc(Cl)ccc2c1-c1ccccc1CCc1c(Cl)cccc1Cl. The number of carbonyl (C=O) groups excluding carboxylic acids is 1. The molecule has 0 amide bonds. The summed E-state index contributed by atoms with van der Waals surface area (Å²) in [6.07, 6.45) is 1.42. The fourth-order valence-electron chi connectivity index (χ4n) is 4.08. The molecule has 0 aliphatic carbocycles. The van der Waals surface area contributed by atoms with E-state index in [1.54, 1.807) is 6.92 Å². The fourth-order valence-corrected chi connectivity index (χ4v) is 4.84. The first-order valence-corrected chi connectivity index (χ1v) is 11.1. The predicted octanol–water partition coefficient (Wildman–Crippen LogP) is 8.16. The Labute approximate surface area is 196 Å². The molecule has 31 heavy (non-hydrogen) atoms. The summed E-state index contributed by atoms with van der Waals surface area (Å²) in [6.45, 7) is 3.45. The summed E-state index contributed by atoms with van der Waals surface area (Å²) in [5, 5.41) is 2.84. The predicted molar refractivity (Wildman–Crippen MR) is 131 cm³/mol. The molecule has 1 aromatic heterocycles. The van der Waals surface area contributed by atoms with E-state index in [0.29, 0.717) is 32.7 Å². The van der Waals surface area contributed by atoms with Gasteiger partial charge in [-0.1, -0.05) is 71.2 Å². The highest BCUT2D eigenvalue weighted by Crippen LogP contribution is 2.37. The Kier molecular flexibility index (Phi) is 6.34. The van der Waals surface area contributed by atoms with Gasteiger partial charge in [0.1, 0.15) is 0 Å². The molecule has 3 aromatic carbocycles. The summed E-state index contributed by atoms with van der Waals surface area (Å²) in [4.78, 5) is 17.3. The van der Waals surface area contributed by atoms with E-state index in [1.165, 1.54) is 0 Å². The summed E-state index contributed by atoms with van der Waals surface area (Å²) in [6, 6.07) is 19.3. The Morgan fingerprint density at radius 2 is 1.61 bits per heavy atom. The quantitative estimate of drug-likeness (QED) is 0.276. The zero-order valence-corrected chi connectivity index (χ0v) is 19.4. The van der Waals surface area contributed by atoms with E-state index in [0.717, 1.165) is 39.6 Å². The van der Waals surface area contributed by atoms with Gasteiger partial charge in [-0.25, -0.2) is 0 Å². The fraction of sp³-hybridized carbons (Fsp3) is 0.154. The van der Waals surface area contributed by atoms with Crippen molar-refractivity contribution in [1.82, 2.24) is 4.98 Å². The maximum absolute atomic E-state index is 12.6. The van der Waals surface area contributed by atoms with E-state index >= 15 is 0 Å².